The molecule has 1 aromatic carbocycles. The number of nitrogens with zero attached hydrogens (tertiary/aromatic N) is 7. The predicted octanol–water partition coefficient (Wildman–Crippen LogP) is 1.15. The Balaban J connectivity index is 1.14. The Morgan fingerprint density at radius 2 is 1.55 bits per heavy atom. The first-order valence-corrected chi connectivity index (χ1v) is 15.2. The highest BCUT2D eigenvalue weighted by atomic mass is 32.2. The number of anilines is 3. The number of hydrogen-bond acceptors (Lipinski definition) is 9. The van der Waals surface area contributed by atoms with E-state index in [9.17, 15) is 13.2 Å². The molecule has 0 aliphatic carbocycles. The number of likely N-dealkylation sites (N-methyl/N-ethyl adjacent to an activating group) is 1. The lowest BCUT2D eigenvalue weighted by atomic mass is 10.0. The smallest absolute Gasteiger partial charge is 0.253 e. The zero-order valence-electron chi connectivity index (χ0n) is 22.3. The summed E-state index contributed by atoms with van der Waals surface area (Å²) in [6, 6.07) is 9.80. The molecule has 0 radical (unpaired) electrons. The van der Waals surface area contributed by atoms with Crippen LogP contribution < -0.4 is 10.2 Å². The van der Waals surface area contributed by atoms with E-state index in [0.717, 1.165) is 63.7 Å². The molecular formula is C26H38N8O3S. The average Bonchev–Trinajstić information content (AvgIpc) is 2.93. The number of carbonyl (C=O) groups is 1. The van der Waals surface area contributed by atoms with Gasteiger partial charge in [-0.25, -0.2) is 13.4 Å². The number of sulfonamides is 1. The minimum Gasteiger partial charge on any atom is -0.341 e. The van der Waals surface area contributed by atoms with Crippen molar-refractivity contribution in [3.63, 3.8) is 0 Å². The highest BCUT2D eigenvalue weighted by Crippen LogP contribution is 2.23. The highest BCUT2D eigenvalue weighted by molar-refractivity contribution is 7.88. The summed E-state index contributed by atoms with van der Waals surface area (Å²) in [7, 11) is -1.03. The average molecular weight is 543 g/mol. The van der Waals surface area contributed by atoms with Crippen LogP contribution in [0.1, 0.15) is 23.2 Å². The third-order valence-corrected chi connectivity index (χ3v) is 9.15. The van der Waals surface area contributed by atoms with E-state index in [1.54, 1.807) is 23.2 Å². The van der Waals surface area contributed by atoms with E-state index in [-0.39, 0.29) is 5.91 Å². The SMILES string of the molecule is CN1CCN(C2CCN(c3nccc(Nc4ccc(C(=O)N5CCN(S(C)(=O)=O)CC5)cc4)n3)CC2)CC1. The minimum absolute atomic E-state index is 0.0889. The summed E-state index contributed by atoms with van der Waals surface area (Å²) in [5, 5.41) is 3.33. The van der Waals surface area contributed by atoms with Crippen LogP contribution in [0.25, 0.3) is 0 Å². The second kappa shape index (κ2) is 11.5. The molecule has 4 heterocycles. The van der Waals surface area contributed by atoms with Gasteiger partial charge in [0.2, 0.25) is 16.0 Å². The normalized spacial score (nSPS) is 21.0. The van der Waals surface area contributed by atoms with Crippen molar-refractivity contribution < 1.29 is 13.2 Å². The molecule has 0 saturated carbocycles. The number of benzene rings is 1. The first-order valence-electron chi connectivity index (χ1n) is 13.4. The Hall–Kier alpha value is -2.80. The number of carbonyl (C=O) groups excluding carboxylic acids is 1. The number of hydrogen-bond donors (Lipinski definition) is 1. The van der Waals surface area contributed by atoms with Gasteiger partial charge in [0, 0.05) is 88.9 Å². The van der Waals surface area contributed by atoms with Gasteiger partial charge in [0.1, 0.15) is 5.82 Å². The fourth-order valence-corrected chi connectivity index (χ4v) is 6.26. The van der Waals surface area contributed by atoms with Crippen molar-refractivity contribution in [3.8, 4) is 0 Å². The molecule has 3 saturated heterocycles. The molecule has 5 rings (SSSR count). The van der Waals surface area contributed by atoms with Crippen LogP contribution in [0.4, 0.5) is 17.5 Å². The molecule has 3 fully saturated rings. The van der Waals surface area contributed by atoms with E-state index >= 15 is 0 Å². The van der Waals surface area contributed by atoms with E-state index in [2.05, 4.69) is 32.0 Å². The van der Waals surface area contributed by atoms with Crippen molar-refractivity contribution in [1.29, 1.82) is 0 Å². The van der Waals surface area contributed by atoms with Crippen LogP contribution in [0.2, 0.25) is 0 Å². The van der Waals surface area contributed by atoms with E-state index in [1.165, 1.54) is 10.6 Å². The first-order chi connectivity index (χ1) is 18.3. The maximum Gasteiger partial charge on any atom is 0.253 e. The molecule has 0 spiro atoms. The summed E-state index contributed by atoms with van der Waals surface area (Å²) >= 11 is 0. The quantitative estimate of drug-likeness (QED) is 0.576. The fourth-order valence-electron chi connectivity index (χ4n) is 5.44. The van der Waals surface area contributed by atoms with Crippen molar-refractivity contribution >= 4 is 33.4 Å². The summed E-state index contributed by atoms with van der Waals surface area (Å²) in [6.07, 6.45) is 5.24. The first kappa shape index (κ1) is 26.8. The summed E-state index contributed by atoms with van der Waals surface area (Å²) in [4.78, 5) is 31.2. The maximum atomic E-state index is 12.9. The fraction of sp³-hybridized carbons (Fsp3) is 0.577. The second-order valence-corrected chi connectivity index (χ2v) is 12.4. The van der Waals surface area contributed by atoms with Crippen LogP contribution in [0.5, 0.6) is 0 Å². The molecule has 0 unspecified atom stereocenters. The Labute approximate surface area is 225 Å². The van der Waals surface area contributed by atoms with Crippen LogP contribution in [0, 0.1) is 0 Å². The van der Waals surface area contributed by atoms with Crippen LogP contribution in [-0.4, -0.2) is 128 Å². The van der Waals surface area contributed by atoms with Gasteiger partial charge in [0.15, 0.2) is 0 Å². The second-order valence-electron chi connectivity index (χ2n) is 10.5. The van der Waals surface area contributed by atoms with Crippen LogP contribution in [0.3, 0.4) is 0 Å². The zero-order valence-corrected chi connectivity index (χ0v) is 23.1. The van der Waals surface area contributed by atoms with Gasteiger partial charge in [-0.05, 0) is 50.2 Å². The molecule has 3 aliphatic heterocycles. The number of rotatable bonds is 6. The van der Waals surface area contributed by atoms with Gasteiger partial charge in [-0.2, -0.15) is 9.29 Å². The van der Waals surface area contributed by atoms with E-state index in [0.29, 0.717) is 43.6 Å². The van der Waals surface area contributed by atoms with Gasteiger partial charge in [-0.1, -0.05) is 0 Å². The molecule has 0 bridgehead atoms. The van der Waals surface area contributed by atoms with Crippen LogP contribution in [0.15, 0.2) is 36.5 Å². The Morgan fingerprint density at radius 1 is 0.895 bits per heavy atom. The van der Waals surface area contributed by atoms with E-state index < -0.39 is 10.0 Å². The van der Waals surface area contributed by atoms with Gasteiger partial charge >= 0.3 is 0 Å². The van der Waals surface area contributed by atoms with Crippen molar-refractivity contribution in [1.82, 2.24) is 29.0 Å². The van der Waals surface area contributed by atoms with Crippen molar-refractivity contribution in [3.05, 3.63) is 42.1 Å². The number of piperazine rings is 2. The zero-order chi connectivity index (χ0) is 26.7. The van der Waals surface area contributed by atoms with Crippen LogP contribution >= 0.6 is 0 Å². The summed E-state index contributed by atoms with van der Waals surface area (Å²) < 4.78 is 24.8. The van der Waals surface area contributed by atoms with Gasteiger partial charge in [0.25, 0.3) is 5.91 Å². The Morgan fingerprint density at radius 3 is 2.18 bits per heavy atom. The molecule has 1 amide bonds. The lowest BCUT2D eigenvalue weighted by molar-refractivity contribution is 0.0698. The van der Waals surface area contributed by atoms with E-state index in [4.69, 9.17) is 4.98 Å². The molecule has 206 valence electrons. The number of piperidine rings is 1. The topological polar surface area (TPSA) is 105 Å². The summed E-state index contributed by atoms with van der Waals surface area (Å²) in [6.45, 7) is 7.95. The number of nitrogens with one attached hydrogen (secondary N) is 1. The molecule has 1 N–H and O–H groups in total. The standard InChI is InChI=1S/C26H38N8O3S/c1-30-13-15-31(16-14-30)23-8-11-33(12-9-23)26-27-10-7-24(29-26)28-22-5-3-21(4-6-22)25(35)32-17-19-34(20-18-32)38(2,36)37/h3-7,10,23H,8-9,11-20H2,1-2H3,(H,27,28,29). The molecule has 1 aromatic heterocycles. The predicted molar refractivity (Wildman–Crippen MR) is 148 cm³/mol. The molecule has 12 heteroatoms. The van der Waals surface area contributed by atoms with Crippen LogP contribution in [-0.2, 0) is 10.0 Å². The molecule has 2 aromatic rings. The van der Waals surface area contributed by atoms with Crippen molar-refractivity contribution in [2.45, 2.75) is 18.9 Å². The molecule has 3 aliphatic rings. The third-order valence-electron chi connectivity index (χ3n) is 7.84. The molecule has 11 nitrogen and oxygen atoms in total. The van der Waals surface area contributed by atoms with E-state index in [1.807, 2.05) is 18.2 Å². The van der Waals surface area contributed by atoms with Gasteiger partial charge in [-0.3, -0.25) is 9.69 Å². The number of amides is 1. The van der Waals surface area contributed by atoms with Gasteiger partial charge in [0.05, 0.1) is 6.26 Å². The number of aromatic nitrogens is 2. The lowest BCUT2D eigenvalue weighted by Crippen LogP contribution is -2.52. The highest BCUT2D eigenvalue weighted by Gasteiger charge is 2.28. The summed E-state index contributed by atoms with van der Waals surface area (Å²) in [5.41, 5.74) is 1.41. The summed E-state index contributed by atoms with van der Waals surface area (Å²) in [5.74, 6) is 1.37. The molecular weight excluding hydrogens is 504 g/mol. The van der Waals surface area contributed by atoms with Crippen molar-refractivity contribution in [2.24, 2.45) is 0 Å². The van der Waals surface area contributed by atoms with Gasteiger partial charge < -0.3 is 20.0 Å². The Bertz CT molecular complexity index is 1200. The third kappa shape index (κ3) is 6.42. The minimum atomic E-state index is -3.22. The molecule has 0 atom stereocenters. The largest absolute Gasteiger partial charge is 0.341 e. The monoisotopic (exact) mass is 542 g/mol. The molecule has 38 heavy (non-hydrogen) atoms. The Kier molecular flexibility index (Phi) is 8.12. The lowest BCUT2D eigenvalue weighted by Gasteiger charge is -2.42. The van der Waals surface area contributed by atoms with Crippen molar-refractivity contribution in [2.75, 3.05) is 89.0 Å². The van der Waals surface area contributed by atoms with Gasteiger partial charge in [-0.15, -0.1) is 0 Å². The maximum absolute atomic E-state index is 12.9.